The van der Waals surface area contributed by atoms with E-state index in [1.807, 2.05) is 32.9 Å². The Morgan fingerprint density at radius 2 is 2.19 bits per heavy atom. The van der Waals surface area contributed by atoms with Crippen LogP contribution in [-0.4, -0.2) is 40.8 Å². The highest BCUT2D eigenvalue weighted by atomic mass is 16.5. The molecule has 2 N–H and O–H groups in total. The van der Waals surface area contributed by atoms with Crippen molar-refractivity contribution >= 4 is 11.8 Å². The van der Waals surface area contributed by atoms with Gasteiger partial charge in [-0.05, 0) is 36.5 Å². The maximum atomic E-state index is 12.1. The lowest BCUT2D eigenvalue weighted by Crippen LogP contribution is -2.45. The van der Waals surface area contributed by atoms with Crippen LogP contribution in [0, 0.1) is 17.3 Å². The molecule has 0 aromatic rings. The van der Waals surface area contributed by atoms with Crippen molar-refractivity contribution in [2.45, 2.75) is 45.8 Å². The number of fused-ring (bicyclic) bond motifs is 1. The van der Waals surface area contributed by atoms with E-state index in [0.29, 0.717) is 12.8 Å². The molecule has 2 rings (SSSR count). The summed E-state index contributed by atoms with van der Waals surface area (Å²) in [4.78, 5) is 23.8. The molecule has 5 atom stereocenters. The highest BCUT2D eigenvalue weighted by molar-refractivity contribution is 5.96. The summed E-state index contributed by atoms with van der Waals surface area (Å²) in [6, 6.07) is 0. The molecule has 0 radical (unpaired) electrons. The maximum Gasteiger partial charge on any atom is 0.331 e. The van der Waals surface area contributed by atoms with Crippen molar-refractivity contribution < 1.29 is 24.5 Å². The van der Waals surface area contributed by atoms with Gasteiger partial charge in [-0.1, -0.05) is 45.1 Å². The molecular formula is C21H28O5. The SMILES string of the molecule is C[C@@H](/C=C/C=C/C(=O)O[C@H]1C=CC2=CC(=O)[C@H](O)C[C@]2(C)[C@H]1C)CCO. The van der Waals surface area contributed by atoms with Gasteiger partial charge in [-0.2, -0.15) is 0 Å². The van der Waals surface area contributed by atoms with E-state index in [2.05, 4.69) is 0 Å². The van der Waals surface area contributed by atoms with Crippen LogP contribution in [-0.2, 0) is 14.3 Å². The van der Waals surface area contributed by atoms with Gasteiger partial charge in [-0.25, -0.2) is 4.79 Å². The number of allylic oxidation sites excluding steroid dienone is 5. The largest absolute Gasteiger partial charge is 0.455 e. The smallest absolute Gasteiger partial charge is 0.331 e. The summed E-state index contributed by atoms with van der Waals surface area (Å²) in [6.07, 6.45) is 11.4. The lowest BCUT2D eigenvalue weighted by atomic mass is 9.61. The van der Waals surface area contributed by atoms with Crippen LogP contribution in [0.15, 0.2) is 48.1 Å². The van der Waals surface area contributed by atoms with Gasteiger partial charge in [-0.3, -0.25) is 4.79 Å². The lowest BCUT2D eigenvalue weighted by molar-refractivity contribution is -0.145. The second-order valence-corrected chi connectivity index (χ2v) is 7.42. The Bertz CT molecular complexity index is 657. The standard InChI is InChI=1S/C21H28O5/c1-14(10-11-22)6-4-5-7-20(25)26-19-9-8-16-12-17(23)18(24)13-21(16,3)15(19)2/h4-9,12,14-15,18-19,22,24H,10-11,13H2,1-3H3/b6-4+,7-5+/t14-,15-,18+,19-,21+/m0/s1. The Balaban J connectivity index is 2.00. The summed E-state index contributed by atoms with van der Waals surface area (Å²) in [5.41, 5.74) is 0.472. The van der Waals surface area contributed by atoms with E-state index >= 15 is 0 Å². The monoisotopic (exact) mass is 360 g/mol. The van der Waals surface area contributed by atoms with E-state index in [4.69, 9.17) is 9.84 Å². The Hall–Kier alpha value is -1.98. The zero-order valence-electron chi connectivity index (χ0n) is 15.6. The number of rotatable bonds is 6. The number of hydrogen-bond acceptors (Lipinski definition) is 5. The van der Waals surface area contributed by atoms with Crippen LogP contribution >= 0.6 is 0 Å². The fourth-order valence-electron chi connectivity index (χ4n) is 3.45. The molecule has 2 aliphatic carbocycles. The van der Waals surface area contributed by atoms with Crippen LogP contribution in [0.4, 0.5) is 0 Å². The third-order valence-electron chi connectivity index (χ3n) is 5.49. The van der Waals surface area contributed by atoms with Crippen molar-refractivity contribution in [1.82, 2.24) is 0 Å². The number of carbonyl (C=O) groups excluding carboxylic acids is 2. The zero-order valence-corrected chi connectivity index (χ0v) is 15.6. The van der Waals surface area contributed by atoms with E-state index in [-0.39, 0.29) is 24.2 Å². The van der Waals surface area contributed by atoms with Gasteiger partial charge in [0.25, 0.3) is 0 Å². The molecule has 5 heteroatoms. The third kappa shape index (κ3) is 4.59. The molecule has 0 bridgehead atoms. The Morgan fingerprint density at radius 1 is 1.46 bits per heavy atom. The second kappa shape index (κ2) is 8.60. The topological polar surface area (TPSA) is 83.8 Å². The molecule has 0 unspecified atom stereocenters. The number of hydrogen-bond donors (Lipinski definition) is 2. The Kier molecular flexibility index (Phi) is 6.73. The van der Waals surface area contributed by atoms with Crippen molar-refractivity contribution in [3.63, 3.8) is 0 Å². The van der Waals surface area contributed by atoms with Gasteiger partial charge in [0, 0.05) is 24.0 Å². The molecule has 0 aromatic carbocycles. The van der Waals surface area contributed by atoms with Crippen molar-refractivity contribution in [2.75, 3.05) is 6.61 Å². The summed E-state index contributed by atoms with van der Waals surface area (Å²) in [5, 5.41) is 18.8. The predicted octanol–water partition coefficient (Wildman–Crippen LogP) is 2.50. The summed E-state index contributed by atoms with van der Waals surface area (Å²) < 4.78 is 5.55. The van der Waals surface area contributed by atoms with Crippen molar-refractivity contribution in [1.29, 1.82) is 0 Å². The average Bonchev–Trinajstić information content (AvgIpc) is 2.58. The zero-order chi connectivity index (χ0) is 19.3. The Labute approximate surface area is 154 Å². The van der Waals surface area contributed by atoms with Crippen molar-refractivity contribution in [2.24, 2.45) is 17.3 Å². The van der Waals surface area contributed by atoms with Crippen molar-refractivity contribution in [3.05, 3.63) is 48.1 Å². The molecule has 0 spiro atoms. The van der Waals surface area contributed by atoms with Crippen LogP contribution < -0.4 is 0 Å². The molecule has 5 nitrogen and oxygen atoms in total. The number of carbonyl (C=O) groups is 2. The van der Waals surface area contributed by atoms with E-state index in [1.54, 1.807) is 18.2 Å². The molecule has 0 saturated carbocycles. The summed E-state index contributed by atoms with van der Waals surface area (Å²) in [6.45, 7) is 6.09. The summed E-state index contributed by atoms with van der Waals surface area (Å²) in [5.74, 6) is -0.518. The second-order valence-electron chi connectivity index (χ2n) is 7.42. The van der Waals surface area contributed by atoms with E-state index in [9.17, 15) is 14.7 Å². The number of ketones is 1. The fourth-order valence-corrected chi connectivity index (χ4v) is 3.45. The van der Waals surface area contributed by atoms with Crippen molar-refractivity contribution in [3.8, 4) is 0 Å². The predicted molar refractivity (Wildman–Crippen MR) is 99.2 cm³/mol. The highest BCUT2D eigenvalue weighted by Crippen LogP contribution is 2.48. The Morgan fingerprint density at radius 3 is 2.88 bits per heavy atom. The lowest BCUT2D eigenvalue weighted by Gasteiger charge is -2.45. The first kappa shape index (κ1) is 20.3. The molecular weight excluding hydrogens is 332 g/mol. The third-order valence-corrected chi connectivity index (χ3v) is 5.49. The van der Waals surface area contributed by atoms with Gasteiger partial charge >= 0.3 is 5.97 Å². The number of ether oxygens (including phenoxy) is 1. The fraction of sp³-hybridized carbons (Fsp3) is 0.524. The minimum Gasteiger partial charge on any atom is -0.455 e. The summed E-state index contributed by atoms with van der Waals surface area (Å²) >= 11 is 0. The number of aliphatic hydroxyl groups excluding tert-OH is 2. The molecule has 0 heterocycles. The van der Waals surface area contributed by atoms with Gasteiger partial charge in [0.05, 0.1) is 0 Å². The van der Waals surface area contributed by atoms with Crippen LogP contribution in [0.25, 0.3) is 0 Å². The van der Waals surface area contributed by atoms with Gasteiger partial charge in [0.2, 0.25) is 0 Å². The van der Waals surface area contributed by atoms with Gasteiger partial charge in [0.15, 0.2) is 5.78 Å². The first-order valence-electron chi connectivity index (χ1n) is 9.06. The van der Waals surface area contributed by atoms with Crippen LogP contribution in [0.3, 0.4) is 0 Å². The first-order valence-corrected chi connectivity index (χ1v) is 9.06. The van der Waals surface area contributed by atoms with Crippen LogP contribution in [0.5, 0.6) is 0 Å². The minimum absolute atomic E-state index is 0.0565. The van der Waals surface area contributed by atoms with E-state index in [1.165, 1.54) is 12.2 Å². The molecule has 2 aliphatic rings. The molecule has 0 aromatic heterocycles. The van der Waals surface area contributed by atoms with E-state index < -0.39 is 23.6 Å². The average molecular weight is 360 g/mol. The van der Waals surface area contributed by atoms with Gasteiger partial charge < -0.3 is 14.9 Å². The van der Waals surface area contributed by atoms with E-state index in [0.717, 1.165) is 5.57 Å². The molecule has 0 fully saturated rings. The van der Waals surface area contributed by atoms with Gasteiger partial charge in [-0.15, -0.1) is 0 Å². The molecule has 0 amide bonds. The first-order chi connectivity index (χ1) is 12.3. The molecule has 0 saturated heterocycles. The molecule has 142 valence electrons. The maximum absolute atomic E-state index is 12.1. The van der Waals surface area contributed by atoms with Crippen LogP contribution in [0.2, 0.25) is 0 Å². The highest BCUT2D eigenvalue weighted by Gasteiger charge is 2.46. The normalized spacial score (nSPS) is 32.6. The van der Waals surface area contributed by atoms with Gasteiger partial charge in [0.1, 0.15) is 12.2 Å². The number of esters is 1. The minimum atomic E-state index is -1.00. The quantitative estimate of drug-likeness (QED) is 0.432. The molecule has 26 heavy (non-hydrogen) atoms. The van der Waals surface area contributed by atoms with Crippen LogP contribution in [0.1, 0.15) is 33.6 Å². The molecule has 0 aliphatic heterocycles. The number of aliphatic hydroxyl groups is 2. The summed E-state index contributed by atoms with van der Waals surface area (Å²) in [7, 11) is 0.